The van der Waals surface area contributed by atoms with Crippen molar-refractivity contribution in [2.75, 3.05) is 11.4 Å². The number of carbonyl (C=O) groups excluding carboxylic acids is 2. The van der Waals surface area contributed by atoms with E-state index in [0.717, 1.165) is 29.8 Å². The summed E-state index contributed by atoms with van der Waals surface area (Å²) in [6.45, 7) is 3.33. The van der Waals surface area contributed by atoms with E-state index in [1.807, 2.05) is 60.4 Å². The van der Waals surface area contributed by atoms with Gasteiger partial charge >= 0.3 is 0 Å². The van der Waals surface area contributed by atoms with Crippen LogP contribution in [0.15, 0.2) is 48.5 Å². The molecule has 4 heteroatoms. The Balaban J connectivity index is 1.51. The zero-order valence-electron chi connectivity index (χ0n) is 13.9. The van der Waals surface area contributed by atoms with Gasteiger partial charge in [0.2, 0.25) is 11.8 Å². The second-order valence-electron chi connectivity index (χ2n) is 6.25. The van der Waals surface area contributed by atoms with Crippen molar-refractivity contribution in [3.05, 3.63) is 65.2 Å². The van der Waals surface area contributed by atoms with Gasteiger partial charge in [0.05, 0.1) is 6.42 Å². The minimum absolute atomic E-state index is 0.0117. The Morgan fingerprint density at radius 2 is 1.71 bits per heavy atom. The maximum atomic E-state index is 12.0. The number of carbonyl (C=O) groups is 2. The Labute approximate surface area is 142 Å². The second kappa shape index (κ2) is 7.30. The molecule has 0 spiro atoms. The van der Waals surface area contributed by atoms with Crippen molar-refractivity contribution in [2.45, 2.75) is 32.7 Å². The summed E-state index contributed by atoms with van der Waals surface area (Å²) in [5.74, 6) is 0.201. The third kappa shape index (κ3) is 4.02. The number of rotatable bonds is 5. The van der Waals surface area contributed by atoms with Gasteiger partial charge in [-0.1, -0.05) is 42.0 Å². The average molecular weight is 322 g/mol. The van der Waals surface area contributed by atoms with Crippen LogP contribution in [0.5, 0.6) is 0 Å². The SMILES string of the molecule is Cc1ccc(CC(=O)NCc2ccc(N3CCCC3=O)cc2)cc1. The summed E-state index contributed by atoms with van der Waals surface area (Å²) in [6, 6.07) is 15.8. The second-order valence-corrected chi connectivity index (χ2v) is 6.25. The number of hydrogen-bond donors (Lipinski definition) is 1. The Morgan fingerprint density at radius 1 is 1.04 bits per heavy atom. The highest BCUT2D eigenvalue weighted by molar-refractivity contribution is 5.95. The molecule has 124 valence electrons. The quantitative estimate of drug-likeness (QED) is 0.920. The summed E-state index contributed by atoms with van der Waals surface area (Å²) in [4.78, 5) is 25.6. The van der Waals surface area contributed by atoms with Crippen molar-refractivity contribution in [1.82, 2.24) is 5.32 Å². The van der Waals surface area contributed by atoms with E-state index < -0.39 is 0 Å². The Kier molecular flexibility index (Phi) is 4.94. The molecule has 1 saturated heterocycles. The molecule has 1 aliphatic rings. The van der Waals surface area contributed by atoms with Crippen molar-refractivity contribution in [2.24, 2.45) is 0 Å². The molecule has 3 rings (SSSR count). The molecular formula is C20H22N2O2. The van der Waals surface area contributed by atoms with E-state index in [4.69, 9.17) is 0 Å². The van der Waals surface area contributed by atoms with Crippen molar-refractivity contribution in [3.8, 4) is 0 Å². The molecule has 2 aromatic carbocycles. The van der Waals surface area contributed by atoms with Gasteiger partial charge in [-0.25, -0.2) is 0 Å². The predicted molar refractivity (Wildman–Crippen MR) is 94.8 cm³/mol. The van der Waals surface area contributed by atoms with Crippen molar-refractivity contribution in [1.29, 1.82) is 0 Å². The van der Waals surface area contributed by atoms with Gasteiger partial charge in [-0.3, -0.25) is 9.59 Å². The third-order valence-electron chi connectivity index (χ3n) is 4.30. The number of hydrogen-bond acceptors (Lipinski definition) is 2. The van der Waals surface area contributed by atoms with Crippen LogP contribution in [0.2, 0.25) is 0 Å². The molecule has 4 nitrogen and oxygen atoms in total. The summed E-state index contributed by atoms with van der Waals surface area (Å²) >= 11 is 0. The van der Waals surface area contributed by atoms with Gasteiger partial charge in [0, 0.05) is 25.2 Å². The van der Waals surface area contributed by atoms with Crippen molar-refractivity contribution >= 4 is 17.5 Å². The first-order valence-corrected chi connectivity index (χ1v) is 8.33. The molecule has 0 saturated carbocycles. The maximum Gasteiger partial charge on any atom is 0.227 e. The number of nitrogens with one attached hydrogen (secondary N) is 1. The van der Waals surface area contributed by atoms with Gasteiger partial charge in [-0.2, -0.15) is 0 Å². The summed E-state index contributed by atoms with van der Waals surface area (Å²) in [5.41, 5.74) is 4.17. The summed E-state index contributed by atoms with van der Waals surface area (Å²) in [5, 5.41) is 2.94. The lowest BCUT2D eigenvalue weighted by atomic mass is 10.1. The molecule has 1 heterocycles. The first-order chi connectivity index (χ1) is 11.6. The van der Waals surface area contributed by atoms with Crippen LogP contribution in [0.3, 0.4) is 0 Å². The zero-order chi connectivity index (χ0) is 16.9. The number of aryl methyl sites for hydroxylation is 1. The summed E-state index contributed by atoms with van der Waals surface area (Å²) < 4.78 is 0. The molecule has 0 bridgehead atoms. The molecule has 24 heavy (non-hydrogen) atoms. The highest BCUT2D eigenvalue weighted by atomic mass is 16.2. The Bertz CT molecular complexity index is 720. The van der Waals surface area contributed by atoms with Gasteiger partial charge in [0.15, 0.2) is 0 Å². The van der Waals surface area contributed by atoms with Crippen LogP contribution in [0.1, 0.15) is 29.5 Å². The topological polar surface area (TPSA) is 49.4 Å². The molecule has 1 aliphatic heterocycles. The van der Waals surface area contributed by atoms with Gasteiger partial charge in [-0.05, 0) is 36.6 Å². The summed E-state index contributed by atoms with van der Waals surface area (Å²) in [6.07, 6.45) is 1.95. The molecule has 0 atom stereocenters. The van der Waals surface area contributed by atoms with Crippen LogP contribution in [0.25, 0.3) is 0 Å². The van der Waals surface area contributed by atoms with Gasteiger partial charge < -0.3 is 10.2 Å². The largest absolute Gasteiger partial charge is 0.352 e. The fourth-order valence-corrected chi connectivity index (χ4v) is 2.87. The summed E-state index contributed by atoms with van der Waals surface area (Å²) in [7, 11) is 0. The zero-order valence-corrected chi connectivity index (χ0v) is 13.9. The molecule has 0 aromatic heterocycles. The van der Waals surface area contributed by atoms with E-state index in [9.17, 15) is 9.59 Å². The van der Waals surface area contributed by atoms with Crippen LogP contribution < -0.4 is 10.2 Å². The molecule has 1 N–H and O–H groups in total. The number of amides is 2. The van der Waals surface area contributed by atoms with Crippen LogP contribution in [-0.2, 0) is 22.6 Å². The number of anilines is 1. The van der Waals surface area contributed by atoms with E-state index in [1.54, 1.807) is 0 Å². The van der Waals surface area contributed by atoms with Gasteiger partial charge in [-0.15, -0.1) is 0 Å². The van der Waals surface area contributed by atoms with E-state index in [-0.39, 0.29) is 11.8 Å². The lowest BCUT2D eigenvalue weighted by Crippen LogP contribution is -2.25. The molecule has 2 amide bonds. The maximum absolute atomic E-state index is 12.0. The smallest absolute Gasteiger partial charge is 0.227 e. The lowest BCUT2D eigenvalue weighted by molar-refractivity contribution is -0.120. The van der Waals surface area contributed by atoms with Crippen LogP contribution in [0, 0.1) is 6.92 Å². The molecule has 2 aromatic rings. The average Bonchev–Trinajstić information content (AvgIpc) is 3.02. The van der Waals surface area contributed by atoms with Gasteiger partial charge in [0.25, 0.3) is 0 Å². The molecule has 0 aliphatic carbocycles. The minimum atomic E-state index is 0.0117. The van der Waals surface area contributed by atoms with Crippen LogP contribution >= 0.6 is 0 Å². The molecular weight excluding hydrogens is 300 g/mol. The normalized spacial score (nSPS) is 14.0. The van der Waals surface area contributed by atoms with Gasteiger partial charge in [0.1, 0.15) is 0 Å². The first-order valence-electron chi connectivity index (χ1n) is 8.33. The predicted octanol–water partition coefficient (Wildman–Crippen LogP) is 2.98. The highest BCUT2D eigenvalue weighted by Crippen LogP contribution is 2.21. The monoisotopic (exact) mass is 322 g/mol. The van der Waals surface area contributed by atoms with Crippen LogP contribution in [-0.4, -0.2) is 18.4 Å². The highest BCUT2D eigenvalue weighted by Gasteiger charge is 2.21. The Hall–Kier alpha value is -2.62. The minimum Gasteiger partial charge on any atom is -0.352 e. The van der Waals surface area contributed by atoms with E-state index >= 15 is 0 Å². The fourth-order valence-electron chi connectivity index (χ4n) is 2.87. The number of benzene rings is 2. The standard InChI is InChI=1S/C20H22N2O2/c1-15-4-6-16(7-5-15)13-19(23)21-14-17-8-10-18(11-9-17)22-12-2-3-20(22)24/h4-11H,2-3,12-14H2,1H3,(H,21,23). The fraction of sp³-hybridized carbons (Fsp3) is 0.300. The van der Waals surface area contributed by atoms with E-state index in [0.29, 0.717) is 19.4 Å². The lowest BCUT2D eigenvalue weighted by Gasteiger charge is -2.16. The van der Waals surface area contributed by atoms with Crippen LogP contribution in [0.4, 0.5) is 5.69 Å². The first kappa shape index (κ1) is 16.2. The Morgan fingerprint density at radius 3 is 2.33 bits per heavy atom. The molecule has 0 unspecified atom stereocenters. The van der Waals surface area contributed by atoms with E-state index in [1.165, 1.54) is 5.56 Å². The van der Waals surface area contributed by atoms with E-state index in [2.05, 4.69) is 5.32 Å². The third-order valence-corrected chi connectivity index (χ3v) is 4.30. The number of nitrogens with zero attached hydrogens (tertiary/aromatic N) is 1. The van der Waals surface area contributed by atoms with Crippen molar-refractivity contribution in [3.63, 3.8) is 0 Å². The van der Waals surface area contributed by atoms with Crippen molar-refractivity contribution < 1.29 is 9.59 Å². The molecule has 1 fully saturated rings. The molecule has 0 radical (unpaired) electrons.